The Hall–Kier alpha value is -3.16. The first kappa shape index (κ1) is 18.6. The van der Waals surface area contributed by atoms with Gasteiger partial charge in [0, 0.05) is 5.39 Å². The zero-order chi connectivity index (χ0) is 19.9. The second-order valence-corrected chi connectivity index (χ2v) is 6.02. The SMILES string of the molecule is COC(=O)c1ccc2c(C)nn(C(=O)c3c(C)cccc3C(F)(F)F)c2c1. The van der Waals surface area contributed by atoms with E-state index in [1.54, 1.807) is 13.0 Å². The smallest absolute Gasteiger partial charge is 0.417 e. The molecule has 5 nitrogen and oxygen atoms in total. The van der Waals surface area contributed by atoms with Crippen LogP contribution in [0, 0.1) is 13.8 Å². The zero-order valence-corrected chi connectivity index (χ0v) is 14.7. The van der Waals surface area contributed by atoms with E-state index in [1.807, 2.05) is 0 Å². The summed E-state index contributed by atoms with van der Waals surface area (Å²) in [7, 11) is 1.21. The molecule has 0 amide bonds. The number of rotatable bonds is 2. The highest BCUT2D eigenvalue weighted by atomic mass is 19.4. The van der Waals surface area contributed by atoms with Crippen LogP contribution in [0.1, 0.15) is 37.5 Å². The monoisotopic (exact) mass is 376 g/mol. The topological polar surface area (TPSA) is 61.2 Å². The number of esters is 1. The minimum atomic E-state index is -4.69. The number of aryl methyl sites for hydroxylation is 2. The predicted octanol–water partition coefficient (Wildman–Crippen LogP) is 4.15. The Bertz CT molecular complexity index is 1070. The van der Waals surface area contributed by atoms with Crippen LogP contribution in [0.2, 0.25) is 0 Å². The fourth-order valence-corrected chi connectivity index (χ4v) is 2.96. The van der Waals surface area contributed by atoms with Crippen molar-refractivity contribution in [2.45, 2.75) is 20.0 Å². The maximum atomic E-state index is 13.4. The van der Waals surface area contributed by atoms with E-state index in [0.717, 1.165) is 10.7 Å². The lowest BCUT2D eigenvalue weighted by molar-refractivity contribution is -0.138. The Morgan fingerprint density at radius 1 is 1.11 bits per heavy atom. The maximum Gasteiger partial charge on any atom is 0.417 e. The molecule has 0 fully saturated rings. The molecule has 0 aliphatic heterocycles. The van der Waals surface area contributed by atoms with Crippen molar-refractivity contribution >= 4 is 22.8 Å². The highest BCUT2D eigenvalue weighted by molar-refractivity contribution is 6.05. The third-order valence-corrected chi connectivity index (χ3v) is 4.27. The lowest BCUT2D eigenvalue weighted by Gasteiger charge is -2.14. The van der Waals surface area contributed by atoms with Crippen molar-refractivity contribution in [2.75, 3.05) is 7.11 Å². The molecular weight excluding hydrogens is 361 g/mol. The molecule has 0 saturated heterocycles. The number of hydrogen-bond acceptors (Lipinski definition) is 4. The molecular formula is C19H15F3N2O3. The third kappa shape index (κ3) is 3.18. The number of carbonyl (C=O) groups excluding carboxylic acids is 2. The molecule has 0 aliphatic carbocycles. The van der Waals surface area contributed by atoms with Gasteiger partial charge >= 0.3 is 12.1 Å². The number of halogens is 3. The number of hydrogen-bond donors (Lipinski definition) is 0. The average molecular weight is 376 g/mol. The van der Waals surface area contributed by atoms with Crippen LogP contribution in [0.5, 0.6) is 0 Å². The average Bonchev–Trinajstić information content (AvgIpc) is 2.95. The van der Waals surface area contributed by atoms with Crippen LogP contribution in [0.3, 0.4) is 0 Å². The number of carbonyl (C=O) groups is 2. The van der Waals surface area contributed by atoms with Gasteiger partial charge in [-0.1, -0.05) is 18.2 Å². The molecule has 3 rings (SSSR count). The van der Waals surface area contributed by atoms with Gasteiger partial charge in [0.15, 0.2) is 0 Å². The van der Waals surface area contributed by atoms with Gasteiger partial charge in [0.05, 0.1) is 35.0 Å². The Kier molecular flexibility index (Phi) is 4.51. The Morgan fingerprint density at radius 2 is 1.81 bits per heavy atom. The first-order valence-electron chi connectivity index (χ1n) is 7.94. The normalized spacial score (nSPS) is 11.6. The van der Waals surface area contributed by atoms with Crippen LogP contribution in [0.15, 0.2) is 36.4 Å². The van der Waals surface area contributed by atoms with E-state index in [9.17, 15) is 22.8 Å². The Labute approximate surface area is 152 Å². The molecule has 1 aromatic heterocycles. The number of nitrogens with zero attached hydrogens (tertiary/aromatic N) is 2. The van der Waals surface area contributed by atoms with E-state index in [4.69, 9.17) is 0 Å². The van der Waals surface area contributed by atoms with Gasteiger partial charge in [0.1, 0.15) is 0 Å². The highest BCUT2D eigenvalue weighted by Crippen LogP contribution is 2.34. The van der Waals surface area contributed by atoms with Gasteiger partial charge in [0.2, 0.25) is 0 Å². The maximum absolute atomic E-state index is 13.4. The van der Waals surface area contributed by atoms with E-state index in [0.29, 0.717) is 11.1 Å². The summed E-state index contributed by atoms with van der Waals surface area (Å²) in [5.41, 5.74) is -0.468. The number of aromatic nitrogens is 2. The quantitative estimate of drug-likeness (QED) is 0.631. The lowest BCUT2D eigenvalue weighted by atomic mass is 10.0. The van der Waals surface area contributed by atoms with Gasteiger partial charge in [-0.25, -0.2) is 4.79 Å². The van der Waals surface area contributed by atoms with Crippen LogP contribution >= 0.6 is 0 Å². The number of ether oxygens (including phenoxy) is 1. The molecule has 0 bridgehead atoms. The number of alkyl halides is 3. The van der Waals surface area contributed by atoms with Gasteiger partial charge in [-0.2, -0.15) is 23.0 Å². The van der Waals surface area contributed by atoms with Crippen molar-refractivity contribution in [1.82, 2.24) is 9.78 Å². The molecule has 8 heteroatoms. The van der Waals surface area contributed by atoms with E-state index in [2.05, 4.69) is 9.84 Å². The minimum absolute atomic E-state index is 0.166. The van der Waals surface area contributed by atoms with Crippen molar-refractivity contribution in [3.05, 3.63) is 64.3 Å². The molecule has 140 valence electrons. The minimum Gasteiger partial charge on any atom is -0.465 e. The van der Waals surface area contributed by atoms with Gasteiger partial charge in [-0.15, -0.1) is 0 Å². The van der Waals surface area contributed by atoms with Crippen molar-refractivity contribution in [3.63, 3.8) is 0 Å². The second-order valence-electron chi connectivity index (χ2n) is 6.02. The summed E-state index contributed by atoms with van der Waals surface area (Å²) >= 11 is 0. The molecule has 0 N–H and O–H groups in total. The first-order valence-corrected chi connectivity index (χ1v) is 7.94. The Morgan fingerprint density at radius 3 is 2.44 bits per heavy atom. The van der Waals surface area contributed by atoms with E-state index >= 15 is 0 Å². The predicted molar refractivity (Wildman–Crippen MR) is 91.7 cm³/mol. The van der Waals surface area contributed by atoms with Gasteiger partial charge in [-0.3, -0.25) is 4.79 Å². The van der Waals surface area contributed by atoms with Crippen LogP contribution in [0.4, 0.5) is 13.2 Å². The highest BCUT2D eigenvalue weighted by Gasteiger charge is 2.36. The van der Waals surface area contributed by atoms with Crippen molar-refractivity contribution in [2.24, 2.45) is 0 Å². The summed E-state index contributed by atoms with van der Waals surface area (Å²) in [5.74, 6) is -1.54. The summed E-state index contributed by atoms with van der Waals surface area (Å²) < 4.78 is 45.7. The van der Waals surface area contributed by atoms with Gasteiger partial charge in [0.25, 0.3) is 5.91 Å². The largest absolute Gasteiger partial charge is 0.465 e. The van der Waals surface area contributed by atoms with E-state index in [-0.39, 0.29) is 16.6 Å². The standard InChI is InChI=1S/C19H15F3N2O3/c1-10-5-4-6-14(19(20,21)22)16(10)17(25)24-15-9-12(18(26)27-3)7-8-13(15)11(2)23-24/h4-9H,1-3H3. The molecule has 3 aromatic rings. The number of methoxy groups -OCH3 is 1. The van der Waals surface area contributed by atoms with E-state index in [1.165, 1.54) is 38.3 Å². The molecule has 0 unspecified atom stereocenters. The van der Waals surface area contributed by atoms with Crippen LogP contribution in [-0.2, 0) is 10.9 Å². The fourth-order valence-electron chi connectivity index (χ4n) is 2.96. The summed E-state index contributed by atoms with van der Waals surface area (Å²) in [6.07, 6.45) is -4.69. The summed E-state index contributed by atoms with van der Waals surface area (Å²) in [4.78, 5) is 24.8. The fraction of sp³-hybridized carbons (Fsp3) is 0.211. The zero-order valence-electron chi connectivity index (χ0n) is 14.7. The van der Waals surface area contributed by atoms with Crippen molar-refractivity contribution in [3.8, 4) is 0 Å². The van der Waals surface area contributed by atoms with Crippen LogP contribution < -0.4 is 0 Å². The first-order chi connectivity index (χ1) is 12.6. The van der Waals surface area contributed by atoms with Crippen LogP contribution in [0.25, 0.3) is 10.9 Å². The van der Waals surface area contributed by atoms with Gasteiger partial charge in [-0.05, 0) is 37.6 Å². The third-order valence-electron chi connectivity index (χ3n) is 4.27. The second kappa shape index (κ2) is 6.53. The Balaban J connectivity index is 2.25. The lowest BCUT2D eigenvalue weighted by Crippen LogP contribution is -2.21. The molecule has 2 aromatic carbocycles. The van der Waals surface area contributed by atoms with Crippen molar-refractivity contribution < 1.29 is 27.5 Å². The summed E-state index contributed by atoms with van der Waals surface area (Å²) in [6.45, 7) is 3.06. The molecule has 0 radical (unpaired) electrons. The van der Waals surface area contributed by atoms with Gasteiger partial charge < -0.3 is 4.74 Å². The summed E-state index contributed by atoms with van der Waals surface area (Å²) in [6, 6.07) is 8.00. The molecule has 0 saturated carbocycles. The number of fused-ring (bicyclic) bond motifs is 1. The number of benzene rings is 2. The van der Waals surface area contributed by atoms with Crippen LogP contribution in [-0.4, -0.2) is 28.8 Å². The molecule has 1 heterocycles. The summed E-state index contributed by atoms with van der Waals surface area (Å²) in [5, 5.41) is 4.66. The molecule has 0 spiro atoms. The molecule has 0 atom stereocenters. The van der Waals surface area contributed by atoms with E-state index < -0.39 is 29.2 Å². The molecule has 27 heavy (non-hydrogen) atoms. The van der Waals surface area contributed by atoms with Crippen molar-refractivity contribution in [1.29, 1.82) is 0 Å². The molecule has 0 aliphatic rings.